The molecule has 7 heteroatoms. The summed E-state index contributed by atoms with van der Waals surface area (Å²) >= 11 is 3.50. The second-order valence-corrected chi connectivity index (χ2v) is 11.8. The molecule has 5 nitrogen and oxygen atoms in total. The molecule has 1 fully saturated rings. The van der Waals surface area contributed by atoms with Crippen LogP contribution in [0.1, 0.15) is 50.6 Å². The fourth-order valence-corrected chi connectivity index (χ4v) is 6.24. The number of ether oxygens (including phenoxy) is 1. The molecule has 1 saturated heterocycles. The number of carbonyl (C=O) groups is 2. The van der Waals surface area contributed by atoms with Crippen LogP contribution < -0.4 is 4.74 Å². The van der Waals surface area contributed by atoms with Crippen molar-refractivity contribution in [2.45, 2.75) is 25.7 Å². The third kappa shape index (κ3) is 7.06. The molecule has 3 aromatic rings. The first-order chi connectivity index (χ1) is 19.2. The molecule has 0 bridgehead atoms. The Balaban J connectivity index is 1.79. The SMILES string of the molecule is COc1cccc(C(=O)C2CN(CCCCN(C)C)CC(C(=O)c3cccc(Br)c3)C2c2cccc(F)c2C)c1. The Morgan fingerprint density at radius 3 is 2.20 bits per heavy atom. The predicted molar refractivity (Wildman–Crippen MR) is 161 cm³/mol. The summed E-state index contributed by atoms with van der Waals surface area (Å²) in [5.74, 6) is -1.34. The number of hydrogen-bond acceptors (Lipinski definition) is 5. The molecule has 0 aliphatic carbocycles. The quantitative estimate of drug-likeness (QED) is 0.180. The van der Waals surface area contributed by atoms with Crippen LogP contribution in [0.2, 0.25) is 0 Å². The van der Waals surface area contributed by atoms with Gasteiger partial charge < -0.3 is 14.5 Å². The lowest BCUT2D eigenvalue weighted by Crippen LogP contribution is -2.50. The number of Topliss-reactive ketones (excluding diaryl/α,β-unsaturated/α-hetero) is 2. The van der Waals surface area contributed by atoms with Gasteiger partial charge in [-0.25, -0.2) is 4.39 Å². The van der Waals surface area contributed by atoms with Crippen molar-refractivity contribution in [1.29, 1.82) is 0 Å². The Morgan fingerprint density at radius 2 is 1.57 bits per heavy atom. The molecule has 0 amide bonds. The second kappa shape index (κ2) is 13.7. The lowest BCUT2D eigenvalue weighted by atomic mass is 9.67. The minimum Gasteiger partial charge on any atom is -0.497 e. The topological polar surface area (TPSA) is 49.9 Å². The smallest absolute Gasteiger partial charge is 0.167 e. The highest BCUT2D eigenvalue weighted by atomic mass is 79.9. The van der Waals surface area contributed by atoms with Crippen LogP contribution in [0.4, 0.5) is 4.39 Å². The summed E-state index contributed by atoms with van der Waals surface area (Å²) in [7, 11) is 5.69. The van der Waals surface area contributed by atoms with Crippen molar-refractivity contribution in [2.75, 3.05) is 47.4 Å². The fourth-order valence-electron chi connectivity index (χ4n) is 5.84. The average Bonchev–Trinajstić information content (AvgIpc) is 2.95. The molecule has 1 aliphatic heterocycles. The van der Waals surface area contributed by atoms with E-state index in [0.29, 0.717) is 35.5 Å². The standard InChI is InChI=1S/C33H38BrFN2O3/c1-22-27(14-9-15-30(22)35)31-28(32(38)23-10-7-12-25(34)18-23)20-37(17-6-5-16-36(2)3)21-29(31)33(39)24-11-8-13-26(19-24)40-4/h7-15,18-19,28-29,31H,5-6,16-17,20-21H2,1-4H3. The zero-order chi connectivity index (χ0) is 28.8. The molecular formula is C33H38BrFN2O3. The van der Waals surface area contributed by atoms with Crippen LogP contribution in [-0.4, -0.2) is 68.8 Å². The lowest BCUT2D eigenvalue weighted by Gasteiger charge is -2.43. The molecule has 0 spiro atoms. The average molecular weight is 610 g/mol. The largest absolute Gasteiger partial charge is 0.497 e. The van der Waals surface area contributed by atoms with Crippen molar-refractivity contribution < 1.29 is 18.7 Å². The van der Waals surface area contributed by atoms with E-state index >= 15 is 0 Å². The van der Waals surface area contributed by atoms with Crippen molar-refractivity contribution in [3.63, 3.8) is 0 Å². The third-order valence-electron chi connectivity index (χ3n) is 7.91. The molecule has 3 aromatic carbocycles. The number of ketones is 2. The van der Waals surface area contributed by atoms with Crippen LogP contribution in [0, 0.1) is 24.6 Å². The van der Waals surface area contributed by atoms with Crippen molar-refractivity contribution in [1.82, 2.24) is 9.80 Å². The van der Waals surface area contributed by atoms with E-state index in [-0.39, 0.29) is 17.4 Å². The summed E-state index contributed by atoms with van der Waals surface area (Å²) in [6, 6.07) is 19.5. The first kappa shape index (κ1) is 30.1. The van der Waals surface area contributed by atoms with Crippen molar-refractivity contribution >= 4 is 27.5 Å². The lowest BCUT2D eigenvalue weighted by molar-refractivity contribution is 0.0567. The van der Waals surface area contributed by atoms with E-state index in [4.69, 9.17) is 4.74 Å². The van der Waals surface area contributed by atoms with Crippen LogP contribution in [-0.2, 0) is 0 Å². The maximum absolute atomic E-state index is 14.9. The Morgan fingerprint density at radius 1 is 0.950 bits per heavy atom. The van der Waals surface area contributed by atoms with Crippen molar-refractivity contribution in [3.8, 4) is 5.75 Å². The zero-order valence-electron chi connectivity index (χ0n) is 23.7. The van der Waals surface area contributed by atoms with Gasteiger partial charge in [0.1, 0.15) is 11.6 Å². The number of benzene rings is 3. The number of carbonyl (C=O) groups excluding carboxylic acids is 2. The summed E-state index contributed by atoms with van der Waals surface area (Å²) in [4.78, 5) is 32.9. The number of hydrogen-bond donors (Lipinski definition) is 0. The summed E-state index contributed by atoms with van der Waals surface area (Å²) in [6.45, 7) is 4.51. The first-order valence-electron chi connectivity index (χ1n) is 13.8. The maximum Gasteiger partial charge on any atom is 0.167 e. The van der Waals surface area contributed by atoms with Crippen LogP contribution in [0.25, 0.3) is 0 Å². The number of unbranched alkanes of at least 4 members (excludes halogenated alkanes) is 1. The molecule has 1 aliphatic rings. The van der Waals surface area contributed by atoms with Gasteiger partial charge in [-0.3, -0.25) is 9.59 Å². The molecule has 3 atom stereocenters. The van der Waals surface area contributed by atoms with E-state index in [1.165, 1.54) is 6.07 Å². The minimum absolute atomic E-state index is 0.0311. The van der Waals surface area contributed by atoms with E-state index in [1.54, 1.807) is 38.3 Å². The van der Waals surface area contributed by atoms with Gasteiger partial charge in [0, 0.05) is 46.4 Å². The second-order valence-electron chi connectivity index (χ2n) is 10.9. The Labute approximate surface area is 245 Å². The highest BCUT2D eigenvalue weighted by Crippen LogP contribution is 2.42. The molecule has 1 heterocycles. The Kier molecular flexibility index (Phi) is 10.3. The zero-order valence-corrected chi connectivity index (χ0v) is 25.3. The van der Waals surface area contributed by atoms with E-state index < -0.39 is 17.8 Å². The number of rotatable bonds is 11. The molecule has 3 unspecified atom stereocenters. The van der Waals surface area contributed by atoms with Crippen molar-refractivity contribution in [3.05, 3.63) is 99.3 Å². The van der Waals surface area contributed by atoms with Crippen LogP contribution in [0.3, 0.4) is 0 Å². The number of likely N-dealkylation sites (tertiary alicyclic amines) is 1. The van der Waals surface area contributed by atoms with Crippen LogP contribution >= 0.6 is 15.9 Å². The predicted octanol–water partition coefficient (Wildman–Crippen LogP) is 6.64. The minimum atomic E-state index is -0.531. The van der Waals surface area contributed by atoms with Gasteiger partial charge in [-0.2, -0.15) is 0 Å². The van der Waals surface area contributed by atoms with Gasteiger partial charge in [0.05, 0.1) is 7.11 Å². The van der Waals surface area contributed by atoms with Gasteiger partial charge in [-0.1, -0.05) is 52.3 Å². The van der Waals surface area contributed by atoms with Crippen LogP contribution in [0.5, 0.6) is 5.75 Å². The molecule has 0 aromatic heterocycles. The molecule has 212 valence electrons. The summed E-state index contributed by atoms with van der Waals surface area (Å²) in [5, 5.41) is 0. The normalized spacial score (nSPS) is 19.5. The van der Waals surface area contributed by atoms with Gasteiger partial charge in [0.2, 0.25) is 0 Å². The highest BCUT2D eigenvalue weighted by molar-refractivity contribution is 9.10. The first-order valence-corrected chi connectivity index (χ1v) is 14.6. The molecule has 0 radical (unpaired) electrons. The van der Waals surface area contributed by atoms with Crippen LogP contribution in [0.15, 0.2) is 71.2 Å². The van der Waals surface area contributed by atoms with E-state index in [1.807, 2.05) is 36.4 Å². The van der Waals surface area contributed by atoms with Gasteiger partial charge in [-0.15, -0.1) is 0 Å². The molecule has 0 saturated carbocycles. The highest BCUT2D eigenvalue weighted by Gasteiger charge is 2.45. The monoisotopic (exact) mass is 608 g/mol. The Bertz CT molecular complexity index is 1340. The molecule has 40 heavy (non-hydrogen) atoms. The number of methoxy groups -OCH3 is 1. The van der Waals surface area contributed by atoms with Gasteiger partial charge in [0.25, 0.3) is 0 Å². The maximum atomic E-state index is 14.9. The van der Waals surface area contributed by atoms with E-state index in [2.05, 4.69) is 39.8 Å². The number of piperidine rings is 1. The summed E-state index contributed by atoms with van der Waals surface area (Å²) < 4.78 is 21.1. The molecule has 4 rings (SSSR count). The van der Waals surface area contributed by atoms with Gasteiger partial charge in [-0.05, 0) is 88.4 Å². The van der Waals surface area contributed by atoms with E-state index in [9.17, 15) is 14.0 Å². The van der Waals surface area contributed by atoms with Gasteiger partial charge in [0.15, 0.2) is 11.6 Å². The number of nitrogens with zero attached hydrogens (tertiary/aromatic N) is 2. The molecular weight excluding hydrogens is 571 g/mol. The summed E-state index contributed by atoms with van der Waals surface area (Å²) in [6.07, 6.45) is 1.98. The van der Waals surface area contributed by atoms with Crippen molar-refractivity contribution in [2.24, 2.45) is 11.8 Å². The van der Waals surface area contributed by atoms with Gasteiger partial charge >= 0.3 is 0 Å². The summed E-state index contributed by atoms with van der Waals surface area (Å²) in [5.41, 5.74) is 2.33. The Hall–Kier alpha value is -2.87. The fraction of sp³-hybridized carbons (Fsp3) is 0.394. The third-order valence-corrected chi connectivity index (χ3v) is 8.41. The molecule has 0 N–H and O–H groups in total. The van der Waals surface area contributed by atoms with E-state index in [0.717, 1.165) is 36.0 Å². The number of halogens is 2.